The Morgan fingerprint density at radius 1 is 1.54 bits per heavy atom. The Labute approximate surface area is 83.5 Å². The first-order valence-corrected chi connectivity index (χ1v) is 4.43. The summed E-state index contributed by atoms with van der Waals surface area (Å²) >= 11 is 3.13. The maximum atomic E-state index is 10.4. The maximum Gasteiger partial charge on any atom is 0.270 e. The van der Waals surface area contributed by atoms with Crippen LogP contribution in [-0.4, -0.2) is 10.0 Å². The quantitative estimate of drug-likeness (QED) is 0.643. The Morgan fingerprint density at radius 3 is 2.62 bits per heavy atom. The van der Waals surface area contributed by atoms with Crippen molar-refractivity contribution in [2.24, 2.45) is 0 Å². The molecule has 0 saturated carbocycles. The molecule has 0 aromatic heterocycles. The zero-order chi connectivity index (χ0) is 10.0. The van der Waals surface area contributed by atoms with Gasteiger partial charge in [0.15, 0.2) is 0 Å². The normalized spacial score (nSPS) is 12.5. The van der Waals surface area contributed by atoms with E-state index in [0.717, 1.165) is 0 Å². The zero-order valence-corrected chi connectivity index (χ0v) is 8.48. The molecule has 0 aliphatic heterocycles. The van der Waals surface area contributed by atoms with Crippen LogP contribution in [0.5, 0.6) is 0 Å². The standard InChI is InChI=1S/C8H8BrNO3/c1-5(11)6-2-7(9)4-8(3-6)10(12)13/h2-5,11H,1H3/t5-/m0/s1. The first kappa shape index (κ1) is 10.1. The van der Waals surface area contributed by atoms with E-state index in [1.54, 1.807) is 13.0 Å². The van der Waals surface area contributed by atoms with Gasteiger partial charge < -0.3 is 5.11 Å². The lowest BCUT2D eigenvalue weighted by Crippen LogP contribution is -1.94. The Balaban J connectivity index is 3.19. The van der Waals surface area contributed by atoms with Crippen molar-refractivity contribution in [1.29, 1.82) is 0 Å². The molecule has 1 atom stereocenters. The lowest BCUT2D eigenvalue weighted by Gasteiger charge is -2.04. The van der Waals surface area contributed by atoms with Crippen LogP contribution in [-0.2, 0) is 0 Å². The molecule has 0 saturated heterocycles. The molecular weight excluding hydrogens is 238 g/mol. The van der Waals surface area contributed by atoms with Crippen molar-refractivity contribution < 1.29 is 10.0 Å². The summed E-state index contributed by atoms with van der Waals surface area (Å²) in [6.07, 6.45) is -0.698. The Bertz CT molecular complexity index is 338. The smallest absolute Gasteiger partial charge is 0.270 e. The first-order valence-electron chi connectivity index (χ1n) is 3.63. The summed E-state index contributed by atoms with van der Waals surface area (Å²) in [5, 5.41) is 19.6. The van der Waals surface area contributed by atoms with Crippen LogP contribution in [0.25, 0.3) is 0 Å². The van der Waals surface area contributed by atoms with Gasteiger partial charge in [-0.1, -0.05) is 15.9 Å². The van der Waals surface area contributed by atoms with Crippen LogP contribution in [0.3, 0.4) is 0 Å². The third kappa shape index (κ3) is 2.50. The Kier molecular flexibility index (Phi) is 3.00. The van der Waals surface area contributed by atoms with Crippen LogP contribution in [0.4, 0.5) is 5.69 Å². The summed E-state index contributed by atoms with van der Waals surface area (Å²) in [5.74, 6) is 0. The van der Waals surface area contributed by atoms with Crippen LogP contribution in [0, 0.1) is 10.1 Å². The topological polar surface area (TPSA) is 63.4 Å². The zero-order valence-electron chi connectivity index (χ0n) is 6.90. The summed E-state index contributed by atoms with van der Waals surface area (Å²) < 4.78 is 0.595. The number of nitro benzene ring substituents is 1. The van der Waals surface area contributed by atoms with Crippen LogP contribution < -0.4 is 0 Å². The number of rotatable bonds is 2. The molecule has 0 radical (unpaired) electrons. The van der Waals surface area contributed by atoms with Crippen molar-refractivity contribution in [3.05, 3.63) is 38.3 Å². The van der Waals surface area contributed by atoms with Gasteiger partial charge in [0.05, 0.1) is 11.0 Å². The van der Waals surface area contributed by atoms with Crippen LogP contribution in [0.1, 0.15) is 18.6 Å². The van der Waals surface area contributed by atoms with Gasteiger partial charge in [0.25, 0.3) is 5.69 Å². The highest BCUT2D eigenvalue weighted by Gasteiger charge is 2.10. The molecule has 0 unspecified atom stereocenters. The van der Waals surface area contributed by atoms with E-state index in [4.69, 9.17) is 0 Å². The number of nitro groups is 1. The molecule has 0 aliphatic carbocycles. The van der Waals surface area contributed by atoms with Crippen molar-refractivity contribution in [2.75, 3.05) is 0 Å². The van der Waals surface area contributed by atoms with Gasteiger partial charge in [0, 0.05) is 16.6 Å². The number of halogens is 1. The van der Waals surface area contributed by atoms with Crippen molar-refractivity contribution in [3.8, 4) is 0 Å². The average molecular weight is 246 g/mol. The van der Waals surface area contributed by atoms with Crippen molar-refractivity contribution in [1.82, 2.24) is 0 Å². The highest BCUT2D eigenvalue weighted by molar-refractivity contribution is 9.10. The molecule has 1 rings (SSSR count). The minimum atomic E-state index is -0.698. The molecule has 0 fully saturated rings. The van der Waals surface area contributed by atoms with Crippen LogP contribution in [0.2, 0.25) is 0 Å². The number of benzene rings is 1. The number of hydrogen-bond acceptors (Lipinski definition) is 3. The number of aliphatic hydroxyl groups excluding tert-OH is 1. The fourth-order valence-electron chi connectivity index (χ4n) is 0.943. The second-order valence-electron chi connectivity index (χ2n) is 2.68. The molecule has 0 amide bonds. The number of non-ortho nitro benzene ring substituents is 1. The van der Waals surface area contributed by atoms with Crippen molar-refractivity contribution in [3.63, 3.8) is 0 Å². The van der Waals surface area contributed by atoms with E-state index in [9.17, 15) is 15.2 Å². The van der Waals surface area contributed by atoms with E-state index in [0.29, 0.717) is 10.0 Å². The molecule has 1 aromatic carbocycles. The van der Waals surface area contributed by atoms with Gasteiger partial charge in [-0.05, 0) is 18.6 Å². The number of aliphatic hydroxyl groups is 1. The highest BCUT2D eigenvalue weighted by atomic mass is 79.9. The van der Waals surface area contributed by atoms with E-state index < -0.39 is 11.0 Å². The molecule has 1 aromatic rings. The molecule has 70 valence electrons. The Morgan fingerprint density at radius 2 is 2.15 bits per heavy atom. The van der Waals surface area contributed by atoms with Crippen molar-refractivity contribution in [2.45, 2.75) is 13.0 Å². The third-order valence-electron chi connectivity index (χ3n) is 1.60. The Hall–Kier alpha value is -0.940. The summed E-state index contributed by atoms with van der Waals surface area (Å²) in [6.45, 7) is 1.56. The van der Waals surface area contributed by atoms with Gasteiger partial charge >= 0.3 is 0 Å². The second kappa shape index (κ2) is 3.85. The predicted octanol–water partition coefficient (Wildman–Crippen LogP) is 2.41. The van der Waals surface area contributed by atoms with Gasteiger partial charge in [-0.25, -0.2) is 0 Å². The summed E-state index contributed by atoms with van der Waals surface area (Å²) in [7, 11) is 0. The summed E-state index contributed by atoms with van der Waals surface area (Å²) in [5.41, 5.74) is 0.506. The molecule has 0 bridgehead atoms. The molecule has 5 heteroatoms. The van der Waals surface area contributed by atoms with Crippen LogP contribution in [0.15, 0.2) is 22.7 Å². The fourth-order valence-corrected chi connectivity index (χ4v) is 1.44. The van der Waals surface area contributed by atoms with Gasteiger partial charge in [0.1, 0.15) is 0 Å². The minimum Gasteiger partial charge on any atom is -0.389 e. The lowest BCUT2D eigenvalue weighted by molar-refractivity contribution is -0.385. The average Bonchev–Trinajstić information content (AvgIpc) is 2.03. The monoisotopic (exact) mass is 245 g/mol. The summed E-state index contributed by atoms with van der Waals surface area (Å²) in [6, 6.07) is 4.40. The molecule has 13 heavy (non-hydrogen) atoms. The lowest BCUT2D eigenvalue weighted by atomic mass is 10.1. The second-order valence-corrected chi connectivity index (χ2v) is 3.59. The number of hydrogen-bond donors (Lipinski definition) is 1. The number of nitrogens with zero attached hydrogens (tertiary/aromatic N) is 1. The highest BCUT2D eigenvalue weighted by Crippen LogP contribution is 2.24. The third-order valence-corrected chi connectivity index (χ3v) is 2.06. The van der Waals surface area contributed by atoms with E-state index in [1.165, 1.54) is 12.1 Å². The van der Waals surface area contributed by atoms with E-state index in [-0.39, 0.29) is 5.69 Å². The fraction of sp³-hybridized carbons (Fsp3) is 0.250. The minimum absolute atomic E-state index is 0.0229. The van der Waals surface area contributed by atoms with E-state index in [1.807, 2.05) is 0 Å². The molecule has 0 aliphatic rings. The maximum absolute atomic E-state index is 10.4. The largest absolute Gasteiger partial charge is 0.389 e. The molecular formula is C8H8BrNO3. The predicted molar refractivity (Wildman–Crippen MR) is 51.4 cm³/mol. The van der Waals surface area contributed by atoms with Gasteiger partial charge in [0.2, 0.25) is 0 Å². The molecule has 1 N–H and O–H groups in total. The first-order chi connectivity index (χ1) is 6.00. The molecule has 0 heterocycles. The van der Waals surface area contributed by atoms with E-state index in [2.05, 4.69) is 15.9 Å². The van der Waals surface area contributed by atoms with Gasteiger partial charge in [-0.2, -0.15) is 0 Å². The van der Waals surface area contributed by atoms with E-state index >= 15 is 0 Å². The summed E-state index contributed by atoms with van der Waals surface area (Å²) in [4.78, 5) is 9.94. The molecule has 0 spiro atoms. The van der Waals surface area contributed by atoms with Crippen LogP contribution >= 0.6 is 15.9 Å². The van der Waals surface area contributed by atoms with Gasteiger partial charge in [-0.3, -0.25) is 10.1 Å². The van der Waals surface area contributed by atoms with Gasteiger partial charge in [-0.15, -0.1) is 0 Å². The molecule has 4 nitrogen and oxygen atoms in total. The van der Waals surface area contributed by atoms with Crippen molar-refractivity contribution >= 4 is 21.6 Å². The SMILES string of the molecule is C[C@H](O)c1cc(Br)cc([N+](=O)[O-])c1.